The Hall–Kier alpha value is -2.67. The molecule has 1 fully saturated rings. The van der Waals surface area contributed by atoms with Crippen molar-refractivity contribution in [1.82, 2.24) is 5.32 Å². The number of carbonyl (C=O) groups excluding carboxylic acids is 2. The standard InChI is InChI=1S/C20H20FN3O2S/c1-3-13-6-4-5-12(2)18(13)23-20-24-19(26)16(27-20)11-17(25)22-15-9-7-14(21)8-10-15/h4-10,16H,3,11H2,1-2H3,(H,22,25)(H,23,24,26)/t16-/m0/s1. The molecular formula is C20H20FN3O2S. The molecule has 5 nitrogen and oxygen atoms in total. The Balaban J connectivity index is 1.67. The Morgan fingerprint density at radius 2 is 2.00 bits per heavy atom. The van der Waals surface area contributed by atoms with Crippen LogP contribution in [0.25, 0.3) is 0 Å². The van der Waals surface area contributed by atoms with Gasteiger partial charge >= 0.3 is 0 Å². The first-order chi connectivity index (χ1) is 13.0. The molecule has 3 rings (SSSR count). The lowest BCUT2D eigenvalue weighted by molar-refractivity contribution is -0.122. The summed E-state index contributed by atoms with van der Waals surface area (Å²) in [5.74, 6) is -0.914. The highest BCUT2D eigenvalue weighted by Gasteiger charge is 2.32. The Labute approximate surface area is 161 Å². The SMILES string of the molecule is CCc1cccc(C)c1N=C1NC(=O)[C@H](CC(=O)Nc2ccc(F)cc2)S1. The van der Waals surface area contributed by atoms with Gasteiger partial charge in [-0.1, -0.05) is 36.9 Å². The van der Waals surface area contributed by atoms with Crippen LogP contribution in [0.4, 0.5) is 15.8 Å². The van der Waals surface area contributed by atoms with Crippen molar-refractivity contribution >= 4 is 40.1 Å². The van der Waals surface area contributed by atoms with Gasteiger partial charge in [-0.2, -0.15) is 0 Å². The van der Waals surface area contributed by atoms with Crippen LogP contribution in [0.2, 0.25) is 0 Å². The number of rotatable bonds is 5. The van der Waals surface area contributed by atoms with Gasteiger partial charge in [0.2, 0.25) is 11.8 Å². The number of nitrogens with one attached hydrogen (secondary N) is 2. The number of carbonyl (C=O) groups is 2. The number of amidine groups is 1. The molecule has 0 aliphatic carbocycles. The van der Waals surface area contributed by atoms with Gasteiger partial charge in [-0.15, -0.1) is 0 Å². The molecule has 0 aromatic heterocycles. The van der Waals surface area contributed by atoms with E-state index in [1.807, 2.05) is 25.1 Å². The van der Waals surface area contributed by atoms with Gasteiger partial charge in [0.05, 0.1) is 5.69 Å². The second-order valence-corrected chi connectivity index (χ2v) is 7.40. The van der Waals surface area contributed by atoms with Crippen LogP contribution >= 0.6 is 11.8 Å². The van der Waals surface area contributed by atoms with E-state index in [1.165, 1.54) is 36.0 Å². The average molecular weight is 385 g/mol. The first-order valence-corrected chi connectivity index (χ1v) is 9.54. The number of thioether (sulfide) groups is 1. The molecule has 0 saturated carbocycles. The molecule has 0 bridgehead atoms. The zero-order valence-corrected chi connectivity index (χ0v) is 15.9. The summed E-state index contributed by atoms with van der Waals surface area (Å²) in [7, 11) is 0. The van der Waals surface area contributed by atoms with E-state index in [-0.39, 0.29) is 24.1 Å². The van der Waals surface area contributed by atoms with Gasteiger partial charge in [-0.05, 0) is 48.7 Å². The lowest BCUT2D eigenvalue weighted by Crippen LogP contribution is -2.28. The number of hydrogen-bond acceptors (Lipinski definition) is 4. The highest BCUT2D eigenvalue weighted by atomic mass is 32.2. The Kier molecular flexibility index (Phi) is 5.91. The monoisotopic (exact) mass is 385 g/mol. The first kappa shape index (κ1) is 19.1. The van der Waals surface area contributed by atoms with Crippen molar-refractivity contribution in [1.29, 1.82) is 0 Å². The van der Waals surface area contributed by atoms with Crippen LogP contribution in [0.3, 0.4) is 0 Å². The molecule has 140 valence electrons. The van der Waals surface area contributed by atoms with E-state index >= 15 is 0 Å². The van der Waals surface area contributed by atoms with Crippen molar-refractivity contribution in [3.05, 3.63) is 59.4 Å². The maximum atomic E-state index is 12.9. The smallest absolute Gasteiger partial charge is 0.240 e. The fourth-order valence-electron chi connectivity index (χ4n) is 2.77. The van der Waals surface area contributed by atoms with Crippen molar-refractivity contribution < 1.29 is 14.0 Å². The average Bonchev–Trinajstić information content (AvgIpc) is 2.98. The third kappa shape index (κ3) is 4.74. The minimum Gasteiger partial charge on any atom is -0.326 e. The number of nitrogens with zero attached hydrogens (tertiary/aromatic N) is 1. The number of halogens is 1. The number of aliphatic imine (C=N–C) groups is 1. The van der Waals surface area contributed by atoms with Crippen molar-refractivity contribution in [2.24, 2.45) is 4.99 Å². The highest BCUT2D eigenvalue weighted by Crippen LogP contribution is 2.29. The summed E-state index contributed by atoms with van der Waals surface area (Å²) in [6.45, 7) is 4.04. The number of aryl methyl sites for hydroxylation is 2. The van der Waals surface area contributed by atoms with Crippen LogP contribution < -0.4 is 10.6 Å². The number of amides is 2. The molecule has 1 saturated heterocycles. The van der Waals surface area contributed by atoms with E-state index < -0.39 is 5.25 Å². The topological polar surface area (TPSA) is 70.6 Å². The predicted octanol–water partition coefficient (Wildman–Crippen LogP) is 3.94. The van der Waals surface area contributed by atoms with Crippen LogP contribution in [-0.4, -0.2) is 22.2 Å². The number of anilines is 1. The molecule has 1 aliphatic heterocycles. The summed E-state index contributed by atoms with van der Waals surface area (Å²) in [5.41, 5.74) is 3.49. The van der Waals surface area contributed by atoms with Gasteiger partial charge in [0.25, 0.3) is 0 Å². The van der Waals surface area contributed by atoms with Gasteiger partial charge in [-0.25, -0.2) is 9.38 Å². The number of benzene rings is 2. The Morgan fingerprint density at radius 1 is 1.26 bits per heavy atom. The number of hydrogen-bond donors (Lipinski definition) is 2. The molecule has 2 N–H and O–H groups in total. The fraction of sp³-hybridized carbons (Fsp3) is 0.250. The lowest BCUT2D eigenvalue weighted by Gasteiger charge is -2.08. The zero-order valence-electron chi connectivity index (χ0n) is 15.1. The van der Waals surface area contributed by atoms with Crippen LogP contribution in [0.1, 0.15) is 24.5 Å². The fourth-order valence-corrected chi connectivity index (χ4v) is 3.75. The zero-order chi connectivity index (χ0) is 19.4. The quantitative estimate of drug-likeness (QED) is 0.819. The molecule has 27 heavy (non-hydrogen) atoms. The van der Waals surface area contributed by atoms with Crippen molar-refractivity contribution in [2.45, 2.75) is 31.9 Å². The summed E-state index contributed by atoms with van der Waals surface area (Å²) in [4.78, 5) is 29.0. The minimum atomic E-state index is -0.543. The summed E-state index contributed by atoms with van der Waals surface area (Å²) in [5, 5.41) is 5.38. The Bertz CT molecular complexity index is 897. The van der Waals surface area contributed by atoms with Gasteiger partial charge in [0.15, 0.2) is 5.17 Å². The van der Waals surface area contributed by atoms with Crippen LogP contribution in [0.5, 0.6) is 0 Å². The van der Waals surface area contributed by atoms with E-state index in [0.717, 1.165) is 23.2 Å². The summed E-state index contributed by atoms with van der Waals surface area (Å²) < 4.78 is 12.9. The normalized spacial score (nSPS) is 17.8. The van der Waals surface area contributed by atoms with Crippen molar-refractivity contribution in [3.63, 3.8) is 0 Å². The third-order valence-corrected chi connectivity index (χ3v) is 5.27. The molecule has 2 aromatic carbocycles. The minimum absolute atomic E-state index is 0.0152. The van der Waals surface area contributed by atoms with Crippen molar-refractivity contribution in [2.75, 3.05) is 5.32 Å². The highest BCUT2D eigenvalue weighted by molar-refractivity contribution is 8.15. The third-order valence-electron chi connectivity index (χ3n) is 4.19. The molecule has 1 heterocycles. The molecule has 1 aliphatic rings. The molecule has 2 amide bonds. The summed E-state index contributed by atoms with van der Waals surface area (Å²) >= 11 is 1.25. The van der Waals surface area contributed by atoms with Gasteiger partial charge in [0.1, 0.15) is 11.1 Å². The second kappa shape index (κ2) is 8.35. The second-order valence-electron chi connectivity index (χ2n) is 6.21. The van der Waals surface area contributed by atoms with E-state index in [1.54, 1.807) is 0 Å². The molecular weight excluding hydrogens is 365 g/mol. The molecule has 0 radical (unpaired) electrons. The maximum absolute atomic E-state index is 12.9. The molecule has 0 spiro atoms. The predicted molar refractivity (Wildman–Crippen MR) is 107 cm³/mol. The van der Waals surface area contributed by atoms with Crippen LogP contribution in [0.15, 0.2) is 47.5 Å². The largest absolute Gasteiger partial charge is 0.326 e. The molecule has 7 heteroatoms. The van der Waals surface area contributed by atoms with Crippen molar-refractivity contribution in [3.8, 4) is 0 Å². The summed E-state index contributed by atoms with van der Waals surface area (Å²) in [6, 6.07) is 11.5. The van der Waals surface area contributed by atoms with E-state index in [2.05, 4.69) is 22.5 Å². The summed E-state index contributed by atoms with van der Waals surface area (Å²) in [6.07, 6.45) is 0.858. The van der Waals surface area contributed by atoms with E-state index in [0.29, 0.717) is 10.9 Å². The molecule has 2 aromatic rings. The lowest BCUT2D eigenvalue weighted by atomic mass is 10.1. The van der Waals surface area contributed by atoms with Crippen LogP contribution in [-0.2, 0) is 16.0 Å². The maximum Gasteiger partial charge on any atom is 0.240 e. The first-order valence-electron chi connectivity index (χ1n) is 8.66. The molecule has 0 unspecified atom stereocenters. The van der Waals surface area contributed by atoms with E-state index in [9.17, 15) is 14.0 Å². The van der Waals surface area contributed by atoms with E-state index in [4.69, 9.17) is 0 Å². The molecule has 1 atom stereocenters. The Morgan fingerprint density at radius 3 is 2.70 bits per heavy atom. The van der Waals surface area contributed by atoms with Crippen LogP contribution in [0, 0.1) is 12.7 Å². The van der Waals surface area contributed by atoms with Gasteiger partial charge in [0, 0.05) is 12.1 Å². The van der Waals surface area contributed by atoms with Gasteiger partial charge < -0.3 is 10.6 Å². The van der Waals surface area contributed by atoms with Gasteiger partial charge in [-0.3, -0.25) is 9.59 Å². The number of para-hydroxylation sites is 1.